The monoisotopic (exact) mass is 287 g/mol. The van der Waals surface area contributed by atoms with Crippen molar-refractivity contribution in [3.05, 3.63) is 41.4 Å². The van der Waals surface area contributed by atoms with Crippen molar-refractivity contribution in [1.29, 1.82) is 0 Å². The number of rotatable bonds is 2. The first-order valence-corrected chi connectivity index (χ1v) is 8.02. The Hall–Kier alpha value is -1.55. The molecule has 1 fully saturated rings. The first-order valence-electron chi connectivity index (χ1n) is 7.14. The van der Waals surface area contributed by atoms with Crippen molar-refractivity contribution in [2.24, 2.45) is 0 Å². The van der Waals surface area contributed by atoms with Gasteiger partial charge < -0.3 is 9.80 Å². The number of nitrogens with zero attached hydrogens (tertiary/aromatic N) is 3. The maximum Gasteiger partial charge on any atom is 0.185 e. The summed E-state index contributed by atoms with van der Waals surface area (Å²) < 4.78 is 0. The number of anilines is 2. The molecule has 3 nitrogen and oxygen atoms in total. The Morgan fingerprint density at radius 1 is 1.10 bits per heavy atom. The highest BCUT2D eigenvalue weighted by molar-refractivity contribution is 7.13. The lowest BCUT2D eigenvalue weighted by Gasteiger charge is -2.45. The summed E-state index contributed by atoms with van der Waals surface area (Å²) in [5.74, 6) is 0. The first-order chi connectivity index (χ1) is 9.65. The van der Waals surface area contributed by atoms with E-state index in [2.05, 4.69) is 65.2 Å². The van der Waals surface area contributed by atoms with Crippen LogP contribution in [0.2, 0.25) is 0 Å². The quantitative estimate of drug-likeness (QED) is 0.842. The van der Waals surface area contributed by atoms with Gasteiger partial charge in [-0.3, -0.25) is 0 Å². The van der Waals surface area contributed by atoms with Gasteiger partial charge in [0.05, 0.1) is 0 Å². The average Bonchev–Trinajstić information content (AvgIpc) is 2.92. The van der Waals surface area contributed by atoms with Gasteiger partial charge in [0.2, 0.25) is 0 Å². The topological polar surface area (TPSA) is 19.4 Å². The lowest BCUT2D eigenvalue weighted by atomic mass is 10.1. The van der Waals surface area contributed by atoms with E-state index in [0.717, 1.165) is 18.2 Å². The normalized spacial score (nSPS) is 23.1. The molecule has 1 aliphatic heterocycles. The minimum absolute atomic E-state index is 0.478. The minimum atomic E-state index is 0.478. The number of hydrogen-bond acceptors (Lipinski definition) is 4. The first kappa shape index (κ1) is 13.4. The lowest BCUT2D eigenvalue weighted by Crippen LogP contribution is -2.57. The predicted octanol–water partition coefficient (Wildman–Crippen LogP) is 3.56. The average molecular weight is 287 g/mol. The molecule has 1 aromatic heterocycles. The highest BCUT2D eigenvalue weighted by Gasteiger charge is 2.30. The van der Waals surface area contributed by atoms with E-state index in [1.165, 1.54) is 11.3 Å². The Bertz CT molecular complexity index is 538. The van der Waals surface area contributed by atoms with Crippen LogP contribution in [-0.4, -0.2) is 30.2 Å². The van der Waals surface area contributed by atoms with Crippen LogP contribution in [0.4, 0.5) is 10.8 Å². The predicted molar refractivity (Wildman–Crippen MR) is 86.9 cm³/mol. The Balaban J connectivity index is 1.79. The number of aryl methyl sites for hydroxylation is 1. The standard InChI is InChI=1S/C16H21N3S/c1-12-4-6-15(7-5-12)18-10-13(2)19(14(3)11-18)16-17-8-9-20-16/h4-9,13-14H,10-11H2,1-3H3. The fraction of sp³-hybridized carbons (Fsp3) is 0.438. The zero-order valence-electron chi connectivity index (χ0n) is 12.3. The molecular formula is C16H21N3S. The highest BCUT2D eigenvalue weighted by Crippen LogP contribution is 2.28. The van der Waals surface area contributed by atoms with Gasteiger partial charge in [0.25, 0.3) is 0 Å². The summed E-state index contributed by atoms with van der Waals surface area (Å²) in [5, 5.41) is 3.20. The van der Waals surface area contributed by atoms with Crippen molar-refractivity contribution in [2.75, 3.05) is 22.9 Å². The molecule has 1 saturated heterocycles. The molecule has 106 valence electrons. The summed E-state index contributed by atoms with van der Waals surface area (Å²) in [6, 6.07) is 9.80. The smallest absolute Gasteiger partial charge is 0.185 e. The highest BCUT2D eigenvalue weighted by atomic mass is 32.1. The molecule has 0 radical (unpaired) electrons. The molecular weight excluding hydrogens is 266 g/mol. The summed E-state index contributed by atoms with van der Waals surface area (Å²) in [5.41, 5.74) is 2.64. The molecule has 0 amide bonds. The zero-order valence-corrected chi connectivity index (χ0v) is 13.1. The molecule has 0 aliphatic carbocycles. The van der Waals surface area contributed by atoms with Crippen LogP contribution in [0, 0.1) is 6.92 Å². The molecule has 2 atom stereocenters. The van der Waals surface area contributed by atoms with E-state index >= 15 is 0 Å². The summed E-state index contributed by atoms with van der Waals surface area (Å²) >= 11 is 1.73. The molecule has 1 aliphatic rings. The van der Waals surface area contributed by atoms with Crippen molar-refractivity contribution in [3.63, 3.8) is 0 Å². The van der Waals surface area contributed by atoms with Gasteiger partial charge in [-0.2, -0.15) is 0 Å². The molecule has 1 aromatic carbocycles. The summed E-state index contributed by atoms with van der Waals surface area (Å²) in [4.78, 5) is 9.41. The van der Waals surface area contributed by atoms with E-state index < -0.39 is 0 Å². The summed E-state index contributed by atoms with van der Waals surface area (Å²) in [6.45, 7) is 8.81. The van der Waals surface area contributed by atoms with Crippen LogP contribution in [0.1, 0.15) is 19.4 Å². The fourth-order valence-corrected chi connectivity index (χ4v) is 3.86. The SMILES string of the molecule is Cc1ccc(N2CC(C)N(c3nccs3)C(C)C2)cc1. The maximum atomic E-state index is 4.48. The van der Waals surface area contributed by atoms with Crippen molar-refractivity contribution in [1.82, 2.24) is 4.98 Å². The van der Waals surface area contributed by atoms with E-state index in [1.54, 1.807) is 11.3 Å². The second-order valence-electron chi connectivity index (χ2n) is 5.66. The van der Waals surface area contributed by atoms with Crippen LogP contribution < -0.4 is 9.80 Å². The van der Waals surface area contributed by atoms with Gasteiger partial charge in [-0.15, -0.1) is 11.3 Å². The van der Waals surface area contributed by atoms with Crippen LogP contribution in [-0.2, 0) is 0 Å². The van der Waals surface area contributed by atoms with Crippen LogP contribution in [0.3, 0.4) is 0 Å². The Morgan fingerprint density at radius 2 is 1.75 bits per heavy atom. The molecule has 3 rings (SSSR count). The number of thiazole rings is 1. The van der Waals surface area contributed by atoms with Gasteiger partial charge in [0.1, 0.15) is 0 Å². The second kappa shape index (κ2) is 5.44. The Kier molecular flexibility index (Phi) is 3.66. The van der Waals surface area contributed by atoms with Crippen molar-refractivity contribution >= 4 is 22.2 Å². The summed E-state index contributed by atoms with van der Waals surface area (Å²) in [6.07, 6.45) is 1.89. The number of benzene rings is 1. The molecule has 0 N–H and O–H groups in total. The van der Waals surface area contributed by atoms with Crippen LogP contribution >= 0.6 is 11.3 Å². The van der Waals surface area contributed by atoms with Crippen LogP contribution in [0.25, 0.3) is 0 Å². The van der Waals surface area contributed by atoms with E-state index in [4.69, 9.17) is 0 Å². The van der Waals surface area contributed by atoms with Gasteiger partial charge in [-0.1, -0.05) is 17.7 Å². The van der Waals surface area contributed by atoms with E-state index in [9.17, 15) is 0 Å². The third kappa shape index (κ3) is 2.52. The van der Waals surface area contributed by atoms with E-state index in [0.29, 0.717) is 12.1 Å². The number of piperazine rings is 1. The molecule has 2 aromatic rings. The molecule has 0 bridgehead atoms. The zero-order chi connectivity index (χ0) is 14.1. The van der Waals surface area contributed by atoms with E-state index in [1.807, 2.05) is 6.20 Å². The molecule has 2 unspecified atom stereocenters. The summed E-state index contributed by atoms with van der Waals surface area (Å²) in [7, 11) is 0. The van der Waals surface area contributed by atoms with E-state index in [-0.39, 0.29) is 0 Å². The maximum absolute atomic E-state index is 4.48. The molecule has 0 spiro atoms. The van der Waals surface area contributed by atoms with Crippen LogP contribution in [0.5, 0.6) is 0 Å². The van der Waals surface area contributed by atoms with Crippen molar-refractivity contribution < 1.29 is 0 Å². The fourth-order valence-electron chi connectivity index (χ4n) is 3.01. The van der Waals surface area contributed by atoms with Gasteiger partial charge >= 0.3 is 0 Å². The van der Waals surface area contributed by atoms with Crippen molar-refractivity contribution in [3.8, 4) is 0 Å². The third-order valence-electron chi connectivity index (χ3n) is 3.96. The largest absolute Gasteiger partial charge is 0.367 e. The third-order valence-corrected chi connectivity index (χ3v) is 4.74. The van der Waals surface area contributed by atoms with Gasteiger partial charge in [0, 0.05) is 42.4 Å². The van der Waals surface area contributed by atoms with Gasteiger partial charge in [-0.05, 0) is 32.9 Å². The molecule has 0 saturated carbocycles. The van der Waals surface area contributed by atoms with Crippen LogP contribution in [0.15, 0.2) is 35.8 Å². The molecule has 2 heterocycles. The molecule has 20 heavy (non-hydrogen) atoms. The second-order valence-corrected chi connectivity index (χ2v) is 6.53. The number of hydrogen-bond donors (Lipinski definition) is 0. The molecule has 4 heteroatoms. The Labute approximate surface area is 124 Å². The Morgan fingerprint density at radius 3 is 2.30 bits per heavy atom. The van der Waals surface area contributed by atoms with Gasteiger partial charge in [0.15, 0.2) is 5.13 Å². The number of aromatic nitrogens is 1. The van der Waals surface area contributed by atoms with Gasteiger partial charge in [-0.25, -0.2) is 4.98 Å². The lowest BCUT2D eigenvalue weighted by molar-refractivity contribution is 0.474. The minimum Gasteiger partial charge on any atom is -0.367 e. The van der Waals surface area contributed by atoms with Crippen molar-refractivity contribution in [2.45, 2.75) is 32.9 Å².